The highest BCUT2D eigenvalue weighted by Crippen LogP contribution is 2.28. The topological polar surface area (TPSA) is 68.3 Å². The molecule has 0 aliphatic heterocycles. The van der Waals surface area contributed by atoms with E-state index < -0.39 is 0 Å². The number of anilines is 3. The molecule has 28 heavy (non-hydrogen) atoms. The van der Waals surface area contributed by atoms with Gasteiger partial charge in [0.15, 0.2) is 0 Å². The molecule has 1 heterocycles. The van der Waals surface area contributed by atoms with Crippen molar-refractivity contribution in [3.8, 4) is 11.5 Å². The predicted octanol–water partition coefficient (Wildman–Crippen LogP) is 4.51. The molecular weight excluding hydrogens is 352 g/mol. The SMILES string of the molecule is COc1cccc(CCNc2nc(C)cc(Nc3cc(C)ccc3OC)n2)c1. The third kappa shape index (κ3) is 5.13. The Morgan fingerprint density at radius 1 is 0.929 bits per heavy atom. The molecule has 6 heteroatoms. The summed E-state index contributed by atoms with van der Waals surface area (Å²) >= 11 is 0. The molecule has 0 aliphatic carbocycles. The Kier molecular flexibility index (Phi) is 6.32. The molecule has 0 aliphatic rings. The van der Waals surface area contributed by atoms with E-state index in [0.717, 1.165) is 47.2 Å². The number of nitrogens with one attached hydrogen (secondary N) is 2. The second kappa shape index (κ2) is 9.08. The Morgan fingerprint density at radius 2 is 1.79 bits per heavy atom. The Bertz CT molecular complexity index is 944. The van der Waals surface area contributed by atoms with Gasteiger partial charge in [0, 0.05) is 18.3 Å². The molecule has 0 spiro atoms. The number of hydrogen-bond acceptors (Lipinski definition) is 6. The van der Waals surface area contributed by atoms with Gasteiger partial charge in [-0.1, -0.05) is 18.2 Å². The van der Waals surface area contributed by atoms with Gasteiger partial charge >= 0.3 is 0 Å². The molecule has 2 aromatic carbocycles. The predicted molar refractivity (Wildman–Crippen MR) is 113 cm³/mol. The normalized spacial score (nSPS) is 10.4. The minimum atomic E-state index is 0.594. The first kappa shape index (κ1) is 19.5. The number of methoxy groups -OCH3 is 2. The van der Waals surface area contributed by atoms with Crippen molar-refractivity contribution in [2.75, 3.05) is 31.4 Å². The average Bonchev–Trinajstić information content (AvgIpc) is 2.68. The molecule has 1 aromatic heterocycles. The molecule has 0 amide bonds. The molecule has 6 nitrogen and oxygen atoms in total. The molecule has 0 radical (unpaired) electrons. The molecule has 0 bridgehead atoms. The maximum atomic E-state index is 5.43. The fraction of sp³-hybridized carbons (Fsp3) is 0.273. The van der Waals surface area contributed by atoms with Crippen LogP contribution in [0.25, 0.3) is 0 Å². The molecule has 3 rings (SSSR count). The van der Waals surface area contributed by atoms with Crippen LogP contribution in [0.15, 0.2) is 48.5 Å². The lowest BCUT2D eigenvalue weighted by atomic mass is 10.1. The van der Waals surface area contributed by atoms with E-state index in [0.29, 0.717) is 5.95 Å². The van der Waals surface area contributed by atoms with Gasteiger partial charge < -0.3 is 20.1 Å². The third-order valence-corrected chi connectivity index (χ3v) is 4.30. The quantitative estimate of drug-likeness (QED) is 0.601. The van der Waals surface area contributed by atoms with E-state index in [1.807, 2.05) is 56.3 Å². The van der Waals surface area contributed by atoms with Crippen LogP contribution in [0.5, 0.6) is 11.5 Å². The zero-order chi connectivity index (χ0) is 19.9. The van der Waals surface area contributed by atoms with Crippen molar-refractivity contribution >= 4 is 17.5 Å². The second-order valence-corrected chi connectivity index (χ2v) is 6.58. The maximum Gasteiger partial charge on any atom is 0.224 e. The van der Waals surface area contributed by atoms with E-state index in [2.05, 4.69) is 26.7 Å². The summed E-state index contributed by atoms with van der Waals surface area (Å²) in [7, 11) is 3.34. The maximum absolute atomic E-state index is 5.43. The monoisotopic (exact) mass is 378 g/mol. The van der Waals surface area contributed by atoms with Gasteiger partial charge in [0.25, 0.3) is 0 Å². The van der Waals surface area contributed by atoms with Crippen molar-refractivity contribution in [1.29, 1.82) is 0 Å². The second-order valence-electron chi connectivity index (χ2n) is 6.58. The summed E-state index contributed by atoms with van der Waals surface area (Å²) in [5.41, 5.74) is 4.10. The molecule has 0 saturated carbocycles. The first-order chi connectivity index (χ1) is 13.6. The minimum absolute atomic E-state index is 0.594. The summed E-state index contributed by atoms with van der Waals surface area (Å²) in [6.45, 7) is 4.72. The van der Waals surface area contributed by atoms with Gasteiger partial charge in [-0.2, -0.15) is 4.98 Å². The number of ether oxygens (including phenoxy) is 2. The van der Waals surface area contributed by atoms with Gasteiger partial charge in [-0.25, -0.2) is 4.98 Å². The molecule has 0 fully saturated rings. The molecular formula is C22H26N4O2. The van der Waals surface area contributed by atoms with Crippen LogP contribution in [-0.4, -0.2) is 30.7 Å². The zero-order valence-corrected chi connectivity index (χ0v) is 16.7. The van der Waals surface area contributed by atoms with Gasteiger partial charge in [-0.15, -0.1) is 0 Å². The summed E-state index contributed by atoms with van der Waals surface area (Å²) in [4.78, 5) is 9.07. The van der Waals surface area contributed by atoms with Crippen LogP contribution in [0.3, 0.4) is 0 Å². The largest absolute Gasteiger partial charge is 0.497 e. The number of hydrogen-bond donors (Lipinski definition) is 2. The fourth-order valence-electron chi connectivity index (χ4n) is 2.92. The van der Waals surface area contributed by atoms with Crippen molar-refractivity contribution in [3.63, 3.8) is 0 Å². The number of nitrogens with zero attached hydrogens (tertiary/aromatic N) is 2. The average molecular weight is 378 g/mol. The number of aromatic nitrogens is 2. The Morgan fingerprint density at radius 3 is 2.57 bits per heavy atom. The van der Waals surface area contributed by atoms with Crippen molar-refractivity contribution in [2.24, 2.45) is 0 Å². The van der Waals surface area contributed by atoms with Crippen LogP contribution in [0.4, 0.5) is 17.5 Å². The van der Waals surface area contributed by atoms with Crippen molar-refractivity contribution in [1.82, 2.24) is 9.97 Å². The molecule has 146 valence electrons. The van der Waals surface area contributed by atoms with Gasteiger partial charge in [-0.05, 0) is 55.7 Å². The Balaban J connectivity index is 1.68. The molecule has 3 aromatic rings. The summed E-state index contributed by atoms with van der Waals surface area (Å²) in [5.74, 6) is 2.95. The van der Waals surface area contributed by atoms with Crippen LogP contribution >= 0.6 is 0 Å². The summed E-state index contributed by atoms with van der Waals surface area (Å²) in [5, 5.41) is 6.64. The van der Waals surface area contributed by atoms with E-state index in [1.54, 1.807) is 14.2 Å². The first-order valence-corrected chi connectivity index (χ1v) is 9.21. The summed E-state index contributed by atoms with van der Waals surface area (Å²) < 4.78 is 10.7. The van der Waals surface area contributed by atoms with Crippen LogP contribution in [-0.2, 0) is 6.42 Å². The lowest BCUT2D eigenvalue weighted by Crippen LogP contribution is -2.10. The lowest BCUT2D eigenvalue weighted by molar-refractivity contribution is 0.414. The van der Waals surface area contributed by atoms with E-state index in [9.17, 15) is 0 Å². The van der Waals surface area contributed by atoms with Crippen molar-refractivity contribution in [2.45, 2.75) is 20.3 Å². The number of benzene rings is 2. The molecule has 2 N–H and O–H groups in total. The highest BCUT2D eigenvalue weighted by atomic mass is 16.5. The smallest absolute Gasteiger partial charge is 0.224 e. The highest BCUT2D eigenvalue weighted by molar-refractivity contribution is 5.65. The van der Waals surface area contributed by atoms with E-state index >= 15 is 0 Å². The van der Waals surface area contributed by atoms with Gasteiger partial charge in [0.05, 0.1) is 19.9 Å². The minimum Gasteiger partial charge on any atom is -0.497 e. The van der Waals surface area contributed by atoms with Crippen LogP contribution in [0, 0.1) is 13.8 Å². The molecule has 0 saturated heterocycles. The van der Waals surface area contributed by atoms with Gasteiger partial charge in [0.1, 0.15) is 17.3 Å². The number of aryl methyl sites for hydroxylation is 2. The molecule has 0 atom stereocenters. The Labute approximate surface area is 166 Å². The van der Waals surface area contributed by atoms with E-state index in [4.69, 9.17) is 9.47 Å². The van der Waals surface area contributed by atoms with E-state index in [1.165, 1.54) is 5.56 Å². The third-order valence-electron chi connectivity index (χ3n) is 4.30. The summed E-state index contributed by atoms with van der Waals surface area (Å²) in [6, 6.07) is 16.0. The zero-order valence-electron chi connectivity index (χ0n) is 16.7. The van der Waals surface area contributed by atoms with Crippen LogP contribution < -0.4 is 20.1 Å². The lowest BCUT2D eigenvalue weighted by Gasteiger charge is -2.13. The fourth-order valence-corrected chi connectivity index (χ4v) is 2.92. The standard InChI is InChI=1S/C22H26N4O2/c1-15-8-9-20(28-4)19(12-15)25-21-13-16(2)24-22(26-21)23-11-10-17-6-5-7-18(14-17)27-3/h5-9,12-14H,10-11H2,1-4H3,(H2,23,24,25,26). The first-order valence-electron chi connectivity index (χ1n) is 9.21. The van der Waals surface area contributed by atoms with Gasteiger partial charge in [-0.3, -0.25) is 0 Å². The van der Waals surface area contributed by atoms with Crippen LogP contribution in [0.1, 0.15) is 16.8 Å². The highest BCUT2D eigenvalue weighted by Gasteiger charge is 2.07. The van der Waals surface area contributed by atoms with Crippen molar-refractivity contribution in [3.05, 3.63) is 65.4 Å². The van der Waals surface area contributed by atoms with E-state index in [-0.39, 0.29) is 0 Å². The Hall–Kier alpha value is -3.28. The van der Waals surface area contributed by atoms with Crippen molar-refractivity contribution < 1.29 is 9.47 Å². The van der Waals surface area contributed by atoms with Gasteiger partial charge in [0.2, 0.25) is 5.95 Å². The van der Waals surface area contributed by atoms with Crippen LogP contribution in [0.2, 0.25) is 0 Å². The number of rotatable bonds is 8. The summed E-state index contributed by atoms with van der Waals surface area (Å²) in [6.07, 6.45) is 0.850. The molecule has 0 unspecified atom stereocenters.